The molecule has 0 amide bonds. The second-order valence-electron chi connectivity index (χ2n) is 6.65. The predicted octanol–water partition coefficient (Wildman–Crippen LogP) is 2.51. The summed E-state index contributed by atoms with van der Waals surface area (Å²) in [7, 11) is 3.39. The van der Waals surface area contributed by atoms with Crippen LogP contribution in [0, 0.1) is 0 Å². The molecule has 0 spiro atoms. The van der Waals surface area contributed by atoms with E-state index in [1.807, 2.05) is 26.0 Å². The lowest BCUT2D eigenvalue weighted by Gasteiger charge is -2.18. The third-order valence-electron chi connectivity index (χ3n) is 4.41. The summed E-state index contributed by atoms with van der Waals surface area (Å²) in [5.41, 5.74) is 6.02. The first-order valence-corrected chi connectivity index (χ1v) is 9.43. The third kappa shape index (κ3) is 6.23. The number of nitrogens with one attached hydrogen (secondary N) is 2. The van der Waals surface area contributed by atoms with Gasteiger partial charge >= 0.3 is 0 Å². The highest BCUT2D eigenvalue weighted by molar-refractivity contribution is 7.80. The van der Waals surface area contributed by atoms with Gasteiger partial charge in [-0.15, -0.1) is 0 Å². The zero-order valence-corrected chi connectivity index (χ0v) is 17.0. The second-order valence-corrected chi connectivity index (χ2v) is 7.06. The summed E-state index contributed by atoms with van der Waals surface area (Å²) < 4.78 is 10.6. The fraction of sp³-hybridized carbons (Fsp3) is 0.579. The minimum absolute atomic E-state index is 0.128. The van der Waals surface area contributed by atoms with E-state index in [4.69, 9.17) is 21.7 Å². The van der Waals surface area contributed by atoms with Crippen LogP contribution in [0.3, 0.4) is 0 Å². The van der Waals surface area contributed by atoms with E-state index in [0.717, 1.165) is 36.7 Å². The van der Waals surface area contributed by atoms with Gasteiger partial charge in [0.05, 0.1) is 19.4 Å². The Labute approximate surface area is 161 Å². The van der Waals surface area contributed by atoms with E-state index < -0.39 is 0 Å². The summed E-state index contributed by atoms with van der Waals surface area (Å²) in [6, 6.07) is 6.32. The fourth-order valence-corrected chi connectivity index (χ4v) is 3.30. The number of hydrazone groups is 1. The lowest BCUT2D eigenvalue weighted by atomic mass is 10.1. The van der Waals surface area contributed by atoms with E-state index in [9.17, 15) is 0 Å². The van der Waals surface area contributed by atoms with Gasteiger partial charge in [0.25, 0.3) is 0 Å². The Balaban J connectivity index is 2.02. The molecule has 1 saturated heterocycles. The van der Waals surface area contributed by atoms with Crippen LogP contribution in [0.15, 0.2) is 23.3 Å². The van der Waals surface area contributed by atoms with Crippen LogP contribution < -0.4 is 15.5 Å². The second kappa shape index (κ2) is 10.4. The minimum Gasteiger partial charge on any atom is -0.496 e. The molecule has 6 nitrogen and oxygen atoms in total. The molecule has 0 bridgehead atoms. The van der Waals surface area contributed by atoms with Crippen LogP contribution in [-0.4, -0.2) is 55.7 Å². The van der Waals surface area contributed by atoms with Crippen LogP contribution in [-0.2, 0) is 11.3 Å². The molecule has 1 aromatic rings. The van der Waals surface area contributed by atoms with Gasteiger partial charge in [0.15, 0.2) is 5.11 Å². The lowest BCUT2D eigenvalue weighted by molar-refractivity contribution is 0.179. The van der Waals surface area contributed by atoms with Crippen molar-refractivity contribution in [3.63, 3.8) is 0 Å². The smallest absolute Gasteiger partial charge is 0.187 e. The van der Waals surface area contributed by atoms with Gasteiger partial charge in [0.1, 0.15) is 5.75 Å². The molecule has 144 valence electrons. The molecule has 1 atom stereocenters. The first-order chi connectivity index (χ1) is 12.5. The Hall–Kier alpha value is -1.70. The van der Waals surface area contributed by atoms with Crippen LogP contribution in [0.1, 0.15) is 37.8 Å². The highest BCUT2D eigenvalue weighted by atomic mass is 32.1. The van der Waals surface area contributed by atoms with Gasteiger partial charge < -0.3 is 14.8 Å². The molecule has 0 aromatic heterocycles. The van der Waals surface area contributed by atoms with Gasteiger partial charge in [-0.1, -0.05) is 0 Å². The van der Waals surface area contributed by atoms with Crippen molar-refractivity contribution >= 4 is 23.0 Å². The largest absolute Gasteiger partial charge is 0.496 e. The highest BCUT2D eigenvalue weighted by Gasteiger charge is 2.15. The van der Waals surface area contributed by atoms with Crippen LogP contribution >= 0.6 is 12.2 Å². The number of likely N-dealkylation sites (tertiary alicyclic amines) is 1. The van der Waals surface area contributed by atoms with Crippen molar-refractivity contribution in [3.8, 4) is 5.75 Å². The maximum Gasteiger partial charge on any atom is 0.187 e. The topological polar surface area (TPSA) is 58.1 Å². The summed E-state index contributed by atoms with van der Waals surface area (Å²) in [5, 5.41) is 8.02. The summed E-state index contributed by atoms with van der Waals surface area (Å²) in [6.07, 6.45) is 2.55. The maximum absolute atomic E-state index is 5.53. The average Bonchev–Trinajstić information content (AvgIpc) is 3.12. The summed E-state index contributed by atoms with van der Waals surface area (Å²) in [5.74, 6) is 0.923. The fourth-order valence-electron chi connectivity index (χ4n) is 3.06. The van der Waals surface area contributed by atoms with Crippen LogP contribution in [0.25, 0.3) is 0 Å². The average molecular weight is 379 g/mol. The molecule has 0 radical (unpaired) electrons. The zero-order chi connectivity index (χ0) is 18.9. The Bertz CT molecular complexity index is 630. The summed E-state index contributed by atoms with van der Waals surface area (Å²) in [4.78, 5) is 2.46. The predicted molar refractivity (Wildman–Crippen MR) is 110 cm³/mol. The Morgan fingerprint density at radius 3 is 2.69 bits per heavy atom. The highest BCUT2D eigenvalue weighted by Crippen LogP contribution is 2.23. The number of hydrogen-bond acceptors (Lipinski definition) is 5. The number of methoxy groups -OCH3 is 2. The number of nitrogens with zero attached hydrogens (tertiary/aromatic N) is 2. The Kier molecular flexibility index (Phi) is 8.28. The van der Waals surface area contributed by atoms with Gasteiger partial charge in [-0.05, 0) is 75.8 Å². The SMILES string of the molecule is COC[C@H](C)NC(=S)N/N=C(/C)c1ccc(OC)c(CN2CCCC2)c1. The van der Waals surface area contributed by atoms with Gasteiger partial charge in [0, 0.05) is 25.3 Å². The standard InChI is InChI=1S/C19H30N4O2S/c1-14(13-24-3)20-19(26)22-21-15(2)16-7-8-18(25-4)17(11-16)12-23-9-5-6-10-23/h7-8,11,14H,5-6,9-10,12-13H2,1-4H3,(H2,20,22,26)/b21-15-/t14-/m0/s1. The molecule has 7 heteroatoms. The van der Waals surface area contributed by atoms with Crippen molar-refractivity contribution in [2.24, 2.45) is 5.10 Å². The first-order valence-electron chi connectivity index (χ1n) is 9.03. The summed E-state index contributed by atoms with van der Waals surface area (Å²) in [6.45, 7) is 7.77. The molecule has 0 saturated carbocycles. The molecule has 1 aliphatic heterocycles. The molecule has 0 unspecified atom stereocenters. The normalized spacial score (nSPS) is 16.4. The molecular weight excluding hydrogens is 348 g/mol. The van der Waals surface area contributed by atoms with Crippen LogP contribution in [0.2, 0.25) is 0 Å². The third-order valence-corrected chi connectivity index (χ3v) is 4.62. The zero-order valence-electron chi connectivity index (χ0n) is 16.2. The Morgan fingerprint density at radius 1 is 1.31 bits per heavy atom. The van der Waals surface area contributed by atoms with Crippen molar-refractivity contribution in [2.75, 3.05) is 33.9 Å². The van der Waals surface area contributed by atoms with Gasteiger partial charge in [-0.2, -0.15) is 5.10 Å². The van der Waals surface area contributed by atoms with Crippen molar-refractivity contribution in [1.29, 1.82) is 0 Å². The molecule has 2 rings (SSSR count). The summed E-state index contributed by atoms with van der Waals surface area (Å²) >= 11 is 5.26. The van der Waals surface area contributed by atoms with Crippen LogP contribution in [0.4, 0.5) is 0 Å². The van der Waals surface area contributed by atoms with Gasteiger partial charge in [0.2, 0.25) is 0 Å². The molecule has 1 fully saturated rings. The quantitative estimate of drug-likeness (QED) is 0.412. The van der Waals surface area contributed by atoms with E-state index in [0.29, 0.717) is 11.7 Å². The molecule has 1 heterocycles. The number of hydrogen-bond donors (Lipinski definition) is 2. The number of ether oxygens (including phenoxy) is 2. The van der Waals surface area contributed by atoms with E-state index >= 15 is 0 Å². The van der Waals surface area contributed by atoms with Gasteiger partial charge in [-0.25, -0.2) is 0 Å². The molecule has 1 aliphatic rings. The van der Waals surface area contributed by atoms with Gasteiger partial charge in [-0.3, -0.25) is 10.3 Å². The minimum atomic E-state index is 0.128. The van der Waals surface area contributed by atoms with Crippen molar-refractivity contribution < 1.29 is 9.47 Å². The molecular formula is C19H30N4O2S. The molecule has 0 aliphatic carbocycles. The van der Waals surface area contributed by atoms with E-state index in [1.54, 1.807) is 14.2 Å². The number of thiocarbonyl (C=S) groups is 1. The maximum atomic E-state index is 5.53. The molecule has 2 N–H and O–H groups in total. The molecule has 1 aromatic carbocycles. The number of rotatable bonds is 8. The van der Waals surface area contributed by atoms with Crippen molar-refractivity contribution in [3.05, 3.63) is 29.3 Å². The van der Waals surface area contributed by atoms with Crippen molar-refractivity contribution in [1.82, 2.24) is 15.6 Å². The monoisotopic (exact) mass is 378 g/mol. The lowest BCUT2D eigenvalue weighted by Crippen LogP contribution is -2.40. The van der Waals surface area contributed by atoms with Crippen LogP contribution in [0.5, 0.6) is 5.75 Å². The van der Waals surface area contributed by atoms with E-state index in [-0.39, 0.29) is 6.04 Å². The molecule has 26 heavy (non-hydrogen) atoms. The van der Waals surface area contributed by atoms with Crippen molar-refractivity contribution in [2.45, 2.75) is 39.3 Å². The first kappa shape index (κ1) is 20.6. The van der Waals surface area contributed by atoms with E-state index in [2.05, 4.69) is 26.8 Å². The number of benzene rings is 1. The Morgan fingerprint density at radius 2 is 2.04 bits per heavy atom. The van der Waals surface area contributed by atoms with E-state index in [1.165, 1.54) is 18.4 Å².